The van der Waals surface area contributed by atoms with Crippen LogP contribution >= 0.6 is 0 Å². The summed E-state index contributed by atoms with van der Waals surface area (Å²) in [5.41, 5.74) is 12.8. The highest BCUT2D eigenvalue weighted by Crippen LogP contribution is 2.32. The Balaban J connectivity index is 1.17. The number of hydrogen-bond acceptors (Lipinski definition) is 5. The molecular formula is C44H31N5. The Morgan fingerprint density at radius 3 is 1.06 bits per heavy atom. The Bertz CT molecular complexity index is 2210. The van der Waals surface area contributed by atoms with Crippen molar-refractivity contribution in [2.24, 2.45) is 0 Å². The molecule has 0 atom stereocenters. The molecule has 8 aromatic rings. The number of pyridine rings is 2. The number of rotatable bonds is 7. The fourth-order valence-electron chi connectivity index (χ4n) is 5.92. The number of aryl methyl sites for hydroxylation is 1. The van der Waals surface area contributed by atoms with E-state index in [0.29, 0.717) is 17.5 Å². The van der Waals surface area contributed by atoms with Crippen LogP contribution in [0.4, 0.5) is 0 Å². The number of nitrogens with zero attached hydrogens (tertiary/aromatic N) is 5. The lowest BCUT2D eigenvalue weighted by molar-refractivity contribution is 1.07. The van der Waals surface area contributed by atoms with E-state index in [0.717, 1.165) is 61.2 Å². The van der Waals surface area contributed by atoms with Gasteiger partial charge in [-0.15, -0.1) is 0 Å². The summed E-state index contributed by atoms with van der Waals surface area (Å²) < 4.78 is 0. The molecule has 0 radical (unpaired) electrons. The van der Waals surface area contributed by atoms with E-state index in [1.807, 2.05) is 24.5 Å². The van der Waals surface area contributed by atoms with E-state index in [1.54, 1.807) is 12.4 Å². The molecule has 0 bridgehead atoms. The van der Waals surface area contributed by atoms with Crippen LogP contribution in [-0.4, -0.2) is 24.9 Å². The largest absolute Gasteiger partial charge is 0.264 e. The standard InChI is InChI=1S/C44H31N5/c1-30-12-14-35(15-13-30)42-47-43(38-8-2-6-36(26-38)31-16-20-33(21-17-31)40-10-4-24-45-28-40)49-44(48-42)39-9-3-7-37(27-39)32-18-22-34(23-19-32)41-11-5-25-46-29-41/h2-29H,1H3. The van der Waals surface area contributed by atoms with Gasteiger partial charge in [0.1, 0.15) is 0 Å². The van der Waals surface area contributed by atoms with Gasteiger partial charge in [-0.25, -0.2) is 15.0 Å². The number of hydrogen-bond donors (Lipinski definition) is 0. The lowest BCUT2D eigenvalue weighted by atomic mass is 9.99. The van der Waals surface area contributed by atoms with Gasteiger partial charge in [0.15, 0.2) is 17.5 Å². The zero-order valence-electron chi connectivity index (χ0n) is 26.9. The van der Waals surface area contributed by atoms with Gasteiger partial charge < -0.3 is 0 Å². The minimum atomic E-state index is 0.626. The molecular weight excluding hydrogens is 599 g/mol. The van der Waals surface area contributed by atoms with Crippen LogP contribution in [-0.2, 0) is 0 Å². The first-order valence-electron chi connectivity index (χ1n) is 16.2. The molecule has 5 heteroatoms. The van der Waals surface area contributed by atoms with Gasteiger partial charge in [0, 0.05) is 41.5 Å². The molecule has 0 N–H and O–H groups in total. The first-order chi connectivity index (χ1) is 24.2. The summed E-state index contributed by atoms with van der Waals surface area (Å²) in [5.74, 6) is 1.89. The Morgan fingerprint density at radius 2 is 0.653 bits per heavy atom. The number of benzene rings is 5. The Hall–Kier alpha value is -6.59. The van der Waals surface area contributed by atoms with Crippen molar-refractivity contribution in [3.8, 4) is 78.7 Å². The van der Waals surface area contributed by atoms with Gasteiger partial charge in [0.2, 0.25) is 0 Å². The van der Waals surface area contributed by atoms with Crippen LogP contribution in [0, 0.1) is 6.92 Å². The van der Waals surface area contributed by atoms with E-state index >= 15 is 0 Å². The van der Waals surface area contributed by atoms with Crippen molar-refractivity contribution in [2.45, 2.75) is 6.92 Å². The summed E-state index contributed by atoms with van der Waals surface area (Å²) in [5, 5.41) is 0. The molecule has 8 rings (SSSR count). The fourth-order valence-corrected chi connectivity index (χ4v) is 5.92. The Kier molecular flexibility index (Phi) is 8.06. The molecule has 0 aliphatic carbocycles. The molecule has 0 aliphatic heterocycles. The highest BCUT2D eigenvalue weighted by Gasteiger charge is 2.14. The third-order valence-corrected chi connectivity index (χ3v) is 8.61. The smallest absolute Gasteiger partial charge is 0.164 e. The summed E-state index contributed by atoms with van der Waals surface area (Å²) >= 11 is 0. The van der Waals surface area contributed by atoms with Crippen LogP contribution in [0.15, 0.2) is 170 Å². The first-order valence-corrected chi connectivity index (χ1v) is 16.2. The molecule has 5 aromatic carbocycles. The molecule has 3 heterocycles. The first kappa shape index (κ1) is 29.8. The van der Waals surface area contributed by atoms with Crippen LogP contribution in [0.25, 0.3) is 78.7 Å². The summed E-state index contributed by atoms with van der Waals surface area (Å²) in [6.45, 7) is 2.08. The zero-order chi connectivity index (χ0) is 33.0. The fraction of sp³-hybridized carbons (Fsp3) is 0.0227. The van der Waals surface area contributed by atoms with Gasteiger partial charge in [-0.3, -0.25) is 9.97 Å². The van der Waals surface area contributed by atoms with Crippen molar-refractivity contribution in [2.75, 3.05) is 0 Å². The Labute approximate surface area is 285 Å². The highest BCUT2D eigenvalue weighted by molar-refractivity contribution is 5.77. The van der Waals surface area contributed by atoms with Crippen LogP contribution in [0.2, 0.25) is 0 Å². The van der Waals surface area contributed by atoms with E-state index in [2.05, 4.69) is 150 Å². The van der Waals surface area contributed by atoms with Gasteiger partial charge >= 0.3 is 0 Å². The summed E-state index contributed by atoms with van der Waals surface area (Å²) in [6, 6.07) is 50.3. The molecule has 0 saturated carbocycles. The van der Waals surface area contributed by atoms with Crippen LogP contribution in [0.3, 0.4) is 0 Å². The van der Waals surface area contributed by atoms with E-state index in [-0.39, 0.29) is 0 Å². The van der Waals surface area contributed by atoms with Crippen molar-refractivity contribution in [3.63, 3.8) is 0 Å². The minimum absolute atomic E-state index is 0.626. The van der Waals surface area contributed by atoms with E-state index in [1.165, 1.54) is 5.56 Å². The molecule has 5 nitrogen and oxygen atoms in total. The SMILES string of the molecule is Cc1ccc(-c2nc(-c3cccc(-c4ccc(-c5cccnc5)cc4)c3)nc(-c3cccc(-c4ccc(-c5cccnc5)cc4)c3)n2)cc1. The minimum Gasteiger partial charge on any atom is -0.264 e. The van der Waals surface area contributed by atoms with Crippen molar-refractivity contribution >= 4 is 0 Å². The summed E-state index contributed by atoms with van der Waals surface area (Å²) in [4.78, 5) is 23.6. The molecule has 0 aliphatic rings. The predicted octanol–water partition coefficient (Wildman–Crippen LogP) is 10.6. The molecule has 232 valence electrons. The second-order valence-electron chi connectivity index (χ2n) is 12.0. The second-order valence-corrected chi connectivity index (χ2v) is 12.0. The topological polar surface area (TPSA) is 64.5 Å². The predicted molar refractivity (Wildman–Crippen MR) is 198 cm³/mol. The molecule has 0 fully saturated rings. The molecule has 0 spiro atoms. The third-order valence-electron chi connectivity index (χ3n) is 8.61. The molecule has 0 unspecified atom stereocenters. The van der Waals surface area contributed by atoms with Crippen molar-refractivity contribution < 1.29 is 0 Å². The highest BCUT2D eigenvalue weighted by atomic mass is 15.0. The molecule has 49 heavy (non-hydrogen) atoms. The van der Waals surface area contributed by atoms with Crippen LogP contribution in [0.5, 0.6) is 0 Å². The Morgan fingerprint density at radius 1 is 0.306 bits per heavy atom. The van der Waals surface area contributed by atoms with Gasteiger partial charge in [-0.05, 0) is 75.7 Å². The monoisotopic (exact) mass is 629 g/mol. The number of aromatic nitrogens is 5. The van der Waals surface area contributed by atoms with E-state index in [9.17, 15) is 0 Å². The molecule has 3 aromatic heterocycles. The second kappa shape index (κ2) is 13.3. The van der Waals surface area contributed by atoms with Crippen molar-refractivity contribution in [3.05, 3.63) is 176 Å². The molecule has 0 amide bonds. The summed E-state index contributed by atoms with van der Waals surface area (Å²) in [7, 11) is 0. The van der Waals surface area contributed by atoms with Gasteiger partial charge in [-0.1, -0.05) is 127 Å². The van der Waals surface area contributed by atoms with Crippen molar-refractivity contribution in [1.29, 1.82) is 0 Å². The van der Waals surface area contributed by atoms with E-state index < -0.39 is 0 Å². The lowest BCUT2D eigenvalue weighted by Crippen LogP contribution is -2.00. The van der Waals surface area contributed by atoms with Gasteiger partial charge in [-0.2, -0.15) is 0 Å². The zero-order valence-corrected chi connectivity index (χ0v) is 26.9. The summed E-state index contributed by atoms with van der Waals surface area (Å²) in [6.07, 6.45) is 7.35. The lowest BCUT2D eigenvalue weighted by Gasteiger charge is -2.11. The normalized spacial score (nSPS) is 11.0. The quantitative estimate of drug-likeness (QED) is 0.175. The molecule has 0 saturated heterocycles. The van der Waals surface area contributed by atoms with E-state index in [4.69, 9.17) is 15.0 Å². The van der Waals surface area contributed by atoms with Crippen molar-refractivity contribution in [1.82, 2.24) is 24.9 Å². The maximum Gasteiger partial charge on any atom is 0.164 e. The maximum atomic E-state index is 5.06. The van der Waals surface area contributed by atoms with Gasteiger partial charge in [0.25, 0.3) is 0 Å². The third kappa shape index (κ3) is 6.51. The average molecular weight is 630 g/mol. The van der Waals surface area contributed by atoms with Crippen LogP contribution < -0.4 is 0 Å². The van der Waals surface area contributed by atoms with Crippen LogP contribution in [0.1, 0.15) is 5.56 Å². The van der Waals surface area contributed by atoms with Gasteiger partial charge in [0.05, 0.1) is 0 Å². The average Bonchev–Trinajstić information content (AvgIpc) is 3.19. The maximum absolute atomic E-state index is 5.06.